The van der Waals surface area contributed by atoms with Crippen molar-refractivity contribution in [1.29, 1.82) is 0 Å². The number of hydrogen-bond donors (Lipinski definition) is 2. The number of rotatable bonds is 5. The van der Waals surface area contributed by atoms with E-state index in [2.05, 4.69) is 37.1 Å². The fourth-order valence-corrected chi connectivity index (χ4v) is 2.37. The van der Waals surface area contributed by atoms with Gasteiger partial charge in [0, 0.05) is 11.8 Å². The first-order chi connectivity index (χ1) is 8.62. The predicted octanol–water partition coefficient (Wildman–Crippen LogP) is 1.94. The van der Waals surface area contributed by atoms with Crippen LogP contribution in [0.15, 0.2) is 12.3 Å². The Bertz CT molecular complexity index is 409. The van der Waals surface area contributed by atoms with Crippen LogP contribution in [0, 0.1) is 0 Å². The Balaban J connectivity index is 2.32. The van der Waals surface area contributed by atoms with Crippen molar-refractivity contribution in [1.82, 2.24) is 4.98 Å². The summed E-state index contributed by atoms with van der Waals surface area (Å²) in [5.74, 6) is 1.30. The van der Waals surface area contributed by atoms with E-state index in [1.807, 2.05) is 6.20 Å². The van der Waals surface area contributed by atoms with Crippen molar-refractivity contribution < 1.29 is 9.84 Å². The van der Waals surface area contributed by atoms with Gasteiger partial charge < -0.3 is 15.2 Å². The van der Waals surface area contributed by atoms with E-state index in [0.717, 1.165) is 12.2 Å². The topological polar surface area (TPSA) is 54.4 Å². The Kier molecular flexibility index (Phi) is 3.88. The summed E-state index contributed by atoms with van der Waals surface area (Å²) in [6.45, 7) is 7.65. The molecule has 2 N–H and O–H groups in total. The number of pyridine rings is 1. The Morgan fingerprint density at radius 2 is 2.22 bits per heavy atom. The zero-order valence-electron chi connectivity index (χ0n) is 11.4. The molecule has 1 aliphatic heterocycles. The van der Waals surface area contributed by atoms with Crippen LogP contribution in [-0.2, 0) is 11.2 Å². The minimum absolute atomic E-state index is 0.0720. The van der Waals surface area contributed by atoms with Crippen LogP contribution in [0.1, 0.15) is 37.8 Å². The maximum atomic E-state index is 9.48. The Morgan fingerprint density at radius 3 is 2.67 bits per heavy atom. The average Bonchev–Trinajstić information content (AvgIpc) is 2.33. The van der Waals surface area contributed by atoms with E-state index in [-0.39, 0.29) is 12.1 Å². The minimum atomic E-state index is -0.344. The zero-order valence-corrected chi connectivity index (χ0v) is 11.4. The molecule has 100 valence electrons. The summed E-state index contributed by atoms with van der Waals surface area (Å²) >= 11 is 0. The van der Waals surface area contributed by atoms with Crippen molar-refractivity contribution >= 4 is 5.82 Å². The molecule has 2 heterocycles. The van der Waals surface area contributed by atoms with Gasteiger partial charge in [0.2, 0.25) is 0 Å². The first-order valence-electron chi connectivity index (χ1n) is 6.56. The second-order valence-corrected chi connectivity index (χ2v) is 5.30. The number of aliphatic hydroxyl groups excluding tert-OH is 1. The monoisotopic (exact) mass is 250 g/mol. The van der Waals surface area contributed by atoms with Crippen molar-refractivity contribution in [2.45, 2.75) is 38.6 Å². The van der Waals surface area contributed by atoms with Crippen LogP contribution in [0.4, 0.5) is 5.82 Å². The number of aliphatic hydroxyl groups is 1. The lowest BCUT2D eigenvalue weighted by atomic mass is 9.94. The smallest absolute Gasteiger partial charge is 0.130 e. The number of anilines is 1. The largest absolute Gasteiger partial charge is 0.394 e. The Morgan fingerprint density at radius 1 is 1.50 bits per heavy atom. The maximum absolute atomic E-state index is 9.48. The predicted molar refractivity (Wildman–Crippen MR) is 72.0 cm³/mol. The van der Waals surface area contributed by atoms with E-state index < -0.39 is 0 Å². The molecule has 1 fully saturated rings. The number of hydrogen-bond acceptors (Lipinski definition) is 4. The number of nitrogens with one attached hydrogen (secondary N) is 1. The van der Waals surface area contributed by atoms with E-state index >= 15 is 0 Å². The van der Waals surface area contributed by atoms with E-state index in [1.54, 1.807) is 0 Å². The number of ether oxygens (including phenoxy) is 1. The standard InChI is InChI=1S/C14H22N2O2/c1-4-11-5-6-15-13(12(11)10(2)3)16-14(7-17)8-18-9-14/h5-6,10,17H,4,7-9H2,1-3H3,(H,15,16). The van der Waals surface area contributed by atoms with Gasteiger partial charge in [-0.05, 0) is 24.0 Å². The number of nitrogens with zero attached hydrogens (tertiary/aromatic N) is 1. The lowest BCUT2D eigenvalue weighted by molar-refractivity contribution is -0.0652. The first-order valence-corrected chi connectivity index (χ1v) is 6.56. The molecule has 0 atom stereocenters. The molecule has 0 unspecified atom stereocenters. The third kappa shape index (κ3) is 2.35. The van der Waals surface area contributed by atoms with Crippen molar-refractivity contribution in [3.05, 3.63) is 23.4 Å². The second-order valence-electron chi connectivity index (χ2n) is 5.30. The molecular weight excluding hydrogens is 228 g/mol. The summed E-state index contributed by atoms with van der Waals surface area (Å²) in [4.78, 5) is 4.45. The normalized spacial score (nSPS) is 17.6. The van der Waals surface area contributed by atoms with Crippen LogP contribution in [-0.4, -0.2) is 35.5 Å². The van der Waals surface area contributed by atoms with E-state index in [1.165, 1.54) is 11.1 Å². The molecule has 0 saturated carbocycles. The molecule has 1 aromatic heterocycles. The van der Waals surface area contributed by atoms with Gasteiger partial charge >= 0.3 is 0 Å². The quantitative estimate of drug-likeness (QED) is 0.838. The van der Waals surface area contributed by atoms with Gasteiger partial charge in [0.25, 0.3) is 0 Å². The van der Waals surface area contributed by atoms with Gasteiger partial charge in [-0.2, -0.15) is 0 Å². The Labute approximate surface area is 108 Å². The molecule has 0 radical (unpaired) electrons. The molecule has 18 heavy (non-hydrogen) atoms. The highest BCUT2D eigenvalue weighted by Gasteiger charge is 2.39. The molecular formula is C14H22N2O2. The summed E-state index contributed by atoms with van der Waals surface area (Å²) in [7, 11) is 0. The lowest BCUT2D eigenvalue weighted by Gasteiger charge is -2.41. The van der Waals surface area contributed by atoms with Crippen molar-refractivity contribution in [2.75, 3.05) is 25.1 Å². The van der Waals surface area contributed by atoms with Gasteiger partial charge in [0.15, 0.2) is 0 Å². The van der Waals surface area contributed by atoms with Crippen LogP contribution < -0.4 is 5.32 Å². The molecule has 1 saturated heterocycles. The van der Waals surface area contributed by atoms with Crippen LogP contribution in [0.5, 0.6) is 0 Å². The van der Waals surface area contributed by atoms with Gasteiger partial charge in [0.05, 0.1) is 19.8 Å². The fourth-order valence-electron chi connectivity index (χ4n) is 2.37. The van der Waals surface area contributed by atoms with Gasteiger partial charge in [-0.1, -0.05) is 20.8 Å². The molecule has 2 rings (SSSR count). The summed E-state index contributed by atoms with van der Waals surface area (Å²) in [5.41, 5.74) is 2.22. The summed E-state index contributed by atoms with van der Waals surface area (Å²) in [5, 5.41) is 12.9. The molecule has 4 nitrogen and oxygen atoms in total. The molecule has 0 bridgehead atoms. The molecule has 0 aromatic carbocycles. The summed E-state index contributed by atoms with van der Waals surface area (Å²) < 4.78 is 5.21. The van der Waals surface area contributed by atoms with Crippen LogP contribution >= 0.6 is 0 Å². The fraction of sp³-hybridized carbons (Fsp3) is 0.643. The van der Waals surface area contributed by atoms with Crippen LogP contribution in [0.2, 0.25) is 0 Å². The van der Waals surface area contributed by atoms with Crippen molar-refractivity contribution in [3.8, 4) is 0 Å². The maximum Gasteiger partial charge on any atom is 0.130 e. The van der Waals surface area contributed by atoms with Crippen molar-refractivity contribution in [2.24, 2.45) is 0 Å². The minimum Gasteiger partial charge on any atom is -0.394 e. The molecule has 0 aliphatic carbocycles. The SMILES string of the molecule is CCc1ccnc(NC2(CO)COC2)c1C(C)C. The molecule has 0 amide bonds. The van der Waals surface area contributed by atoms with Gasteiger partial charge in [-0.25, -0.2) is 4.98 Å². The highest BCUT2D eigenvalue weighted by Crippen LogP contribution is 2.30. The van der Waals surface area contributed by atoms with Crippen LogP contribution in [0.25, 0.3) is 0 Å². The van der Waals surface area contributed by atoms with Crippen LogP contribution in [0.3, 0.4) is 0 Å². The number of aromatic nitrogens is 1. The molecule has 1 aromatic rings. The molecule has 4 heteroatoms. The molecule has 0 spiro atoms. The van der Waals surface area contributed by atoms with Gasteiger partial charge in [0.1, 0.15) is 11.4 Å². The van der Waals surface area contributed by atoms with E-state index in [0.29, 0.717) is 19.1 Å². The van der Waals surface area contributed by atoms with E-state index in [4.69, 9.17) is 4.74 Å². The van der Waals surface area contributed by atoms with E-state index in [9.17, 15) is 5.11 Å². The lowest BCUT2D eigenvalue weighted by Crippen LogP contribution is -2.59. The number of aryl methyl sites for hydroxylation is 1. The highest BCUT2D eigenvalue weighted by atomic mass is 16.5. The average molecular weight is 250 g/mol. The van der Waals surface area contributed by atoms with Gasteiger partial charge in [-0.15, -0.1) is 0 Å². The summed E-state index contributed by atoms with van der Waals surface area (Å²) in [6, 6.07) is 2.07. The second kappa shape index (κ2) is 5.24. The summed E-state index contributed by atoms with van der Waals surface area (Å²) in [6.07, 6.45) is 2.82. The third-order valence-corrected chi connectivity index (χ3v) is 3.48. The van der Waals surface area contributed by atoms with Gasteiger partial charge in [-0.3, -0.25) is 0 Å². The highest BCUT2D eigenvalue weighted by molar-refractivity contribution is 5.52. The van der Waals surface area contributed by atoms with Crippen molar-refractivity contribution in [3.63, 3.8) is 0 Å². The Hall–Kier alpha value is -1.13. The molecule has 1 aliphatic rings. The first kappa shape index (κ1) is 13.3. The third-order valence-electron chi connectivity index (χ3n) is 3.48. The zero-order chi connectivity index (χ0) is 13.2.